The topological polar surface area (TPSA) is 84.9 Å². The van der Waals surface area contributed by atoms with Gasteiger partial charge < -0.3 is 19.7 Å². The maximum atomic E-state index is 13.0. The van der Waals surface area contributed by atoms with Crippen LogP contribution in [-0.4, -0.2) is 22.3 Å². The molecule has 6 heteroatoms. The predicted molar refractivity (Wildman–Crippen MR) is 87.6 cm³/mol. The van der Waals surface area contributed by atoms with E-state index in [1.54, 1.807) is 6.26 Å². The Bertz CT molecular complexity index is 650. The van der Waals surface area contributed by atoms with Crippen molar-refractivity contribution in [1.82, 2.24) is 9.97 Å². The lowest BCUT2D eigenvalue weighted by Gasteiger charge is -2.14. The van der Waals surface area contributed by atoms with E-state index in [0.29, 0.717) is 35.6 Å². The van der Waals surface area contributed by atoms with E-state index < -0.39 is 7.14 Å². The van der Waals surface area contributed by atoms with Crippen LogP contribution in [0.25, 0.3) is 11.5 Å². The van der Waals surface area contributed by atoms with Crippen molar-refractivity contribution in [2.24, 2.45) is 5.92 Å². The number of furan rings is 1. The number of rotatable bonds is 6. The van der Waals surface area contributed by atoms with Gasteiger partial charge in [0.1, 0.15) is 12.8 Å². The molecule has 0 spiro atoms. The highest BCUT2D eigenvalue weighted by Crippen LogP contribution is 2.46. The summed E-state index contributed by atoms with van der Waals surface area (Å²) in [6, 6.07) is 1.81. The number of H-pyrrole nitrogens is 1. The van der Waals surface area contributed by atoms with Gasteiger partial charge in [-0.1, -0.05) is 27.7 Å². The number of hydrogen-bond donors (Lipinski definition) is 2. The molecule has 2 aromatic heterocycles. The molecule has 116 valence electrons. The van der Waals surface area contributed by atoms with Gasteiger partial charge in [0.05, 0.1) is 11.6 Å². The Balaban J connectivity index is 2.54. The molecule has 2 rings (SSSR count). The number of nitrogens with zero attached hydrogens (tertiary/aromatic N) is 1. The van der Waals surface area contributed by atoms with E-state index in [4.69, 9.17) is 10.2 Å². The first-order valence-electron chi connectivity index (χ1n) is 7.42. The van der Waals surface area contributed by atoms with Gasteiger partial charge in [-0.05, 0) is 18.4 Å². The first-order valence-corrected chi connectivity index (χ1v) is 9.49. The van der Waals surface area contributed by atoms with E-state index in [1.807, 2.05) is 19.9 Å². The number of aromatic nitrogens is 2. The summed E-state index contributed by atoms with van der Waals surface area (Å²) in [5.41, 5.74) is 7.45. The Labute approximate surface area is 125 Å². The highest BCUT2D eigenvalue weighted by molar-refractivity contribution is 7.71. The van der Waals surface area contributed by atoms with E-state index in [1.165, 1.54) is 0 Å². The molecule has 0 aliphatic heterocycles. The average molecular weight is 309 g/mol. The van der Waals surface area contributed by atoms with Crippen molar-refractivity contribution in [3.8, 4) is 11.5 Å². The van der Waals surface area contributed by atoms with Crippen molar-refractivity contribution < 1.29 is 8.98 Å². The summed E-state index contributed by atoms with van der Waals surface area (Å²) in [6.45, 7) is 8.17. The van der Waals surface area contributed by atoms with E-state index in [9.17, 15) is 4.57 Å². The lowest BCUT2D eigenvalue weighted by atomic mass is 10.1. The second-order valence-corrected chi connectivity index (χ2v) is 9.23. The molecule has 0 amide bonds. The van der Waals surface area contributed by atoms with E-state index in [2.05, 4.69) is 23.8 Å². The SMILES string of the molecule is CCP(=O)(CC)c1ccoc1-c1nc(N)[nH]c1CC(C)C. The van der Waals surface area contributed by atoms with Gasteiger partial charge in [0.25, 0.3) is 0 Å². The summed E-state index contributed by atoms with van der Waals surface area (Å²) in [5.74, 6) is 1.43. The quantitative estimate of drug-likeness (QED) is 0.800. The Kier molecular flexibility index (Phi) is 4.62. The Morgan fingerprint density at radius 1 is 1.38 bits per heavy atom. The van der Waals surface area contributed by atoms with Crippen LogP contribution in [0.1, 0.15) is 33.4 Å². The molecular weight excluding hydrogens is 285 g/mol. The fourth-order valence-electron chi connectivity index (χ4n) is 2.54. The smallest absolute Gasteiger partial charge is 0.198 e. The maximum Gasteiger partial charge on any atom is 0.198 e. The molecule has 0 aliphatic carbocycles. The molecule has 3 N–H and O–H groups in total. The Morgan fingerprint density at radius 2 is 2.05 bits per heavy atom. The summed E-state index contributed by atoms with van der Waals surface area (Å²) >= 11 is 0. The molecule has 0 aliphatic rings. The molecule has 0 fully saturated rings. The average Bonchev–Trinajstić information content (AvgIpc) is 3.04. The summed E-state index contributed by atoms with van der Waals surface area (Å²) < 4.78 is 18.6. The minimum Gasteiger partial charge on any atom is -0.462 e. The van der Waals surface area contributed by atoms with Crippen LogP contribution in [0.2, 0.25) is 0 Å². The van der Waals surface area contributed by atoms with Crippen LogP contribution >= 0.6 is 7.14 Å². The van der Waals surface area contributed by atoms with Gasteiger partial charge in [-0.25, -0.2) is 4.98 Å². The fraction of sp³-hybridized carbons (Fsp3) is 0.533. The second-order valence-electron chi connectivity index (χ2n) is 5.70. The molecule has 2 heterocycles. The zero-order valence-corrected chi connectivity index (χ0v) is 14.0. The summed E-state index contributed by atoms with van der Waals surface area (Å²) in [7, 11) is -2.42. The van der Waals surface area contributed by atoms with Crippen LogP contribution in [0.3, 0.4) is 0 Å². The van der Waals surface area contributed by atoms with Gasteiger partial charge in [0.15, 0.2) is 11.7 Å². The lowest BCUT2D eigenvalue weighted by Crippen LogP contribution is -2.10. The normalized spacial score (nSPS) is 12.2. The van der Waals surface area contributed by atoms with Crippen LogP contribution < -0.4 is 11.0 Å². The van der Waals surface area contributed by atoms with Crippen molar-refractivity contribution in [3.63, 3.8) is 0 Å². The van der Waals surface area contributed by atoms with Crippen molar-refractivity contribution in [2.45, 2.75) is 34.1 Å². The third-order valence-corrected chi connectivity index (χ3v) is 7.00. The van der Waals surface area contributed by atoms with Crippen molar-refractivity contribution >= 4 is 18.4 Å². The lowest BCUT2D eigenvalue weighted by molar-refractivity contribution is 0.574. The third-order valence-electron chi connectivity index (χ3n) is 3.73. The van der Waals surface area contributed by atoms with Crippen molar-refractivity contribution in [2.75, 3.05) is 18.1 Å². The van der Waals surface area contributed by atoms with Gasteiger partial charge in [-0.15, -0.1) is 0 Å². The van der Waals surface area contributed by atoms with Crippen LogP contribution in [0.5, 0.6) is 0 Å². The van der Waals surface area contributed by atoms with Gasteiger partial charge >= 0.3 is 0 Å². The fourth-order valence-corrected chi connectivity index (χ4v) is 4.53. The number of aromatic amines is 1. The van der Waals surface area contributed by atoms with Gasteiger partial charge in [-0.3, -0.25) is 0 Å². The molecule has 0 atom stereocenters. The Morgan fingerprint density at radius 3 is 2.62 bits per heavy atom. The molecule has 0 radical (unpaired) electrons. The third kappa shape index (κ3) is 3.08. The standard InChI is InChI=1S/C15H24N3O2P/c1-5-21(19,6-2)12-7-8-20-14(12)13-11(9-10(3)4)17-15(16)18-13/h7-8,10H,5-6,9H2,1-4H3,(H3,16,17,18). The predicted octanol–water partition coefficient (Wildman–Crippen LogP) is 3.48. The highest BCUT2D eigenvalue weighted by Gasteiger charge is 2.29. The van der Waals surface area contributed by atoms with Crippen LogP contribution in [0, 0.1) is 5.92 Å². The highest BCUT2D eigenvalue weighted by atomic mass is 31.2. The minimum atomic E-state index is -2.42. The number of nitrogens with two attached hydrogens (primary N) is 1. The molecule has 0 bridgehead atoms. The minimum absolute atomic E-state index is 0.367. The molecular formula is C15H24N3O2P. The van der Waals surface area contributed by atoms with Crippen LogP contribution in [0.15, 0.2) is 16.7 Å². The van der Waals surface area contributed by atoms with Crippen molar-refractivity contribution in [1.29, 1.82) is 0 Å². The monoisotopic (exact) mass is 309 g/mol. The molecule has 5 nitrogen and oxygen atoms in total. The summed E-state index contributed by atoms with van der Waals surface area (Å²) in [4.78, 5) is 7.45. The largest absolute Gasteiger partial charge is 0.462 e. The van der Waals surface area contributed by atoms with E-state index >= 15 is 0 Å². The summed E-state index contributed by atoms with van der Waals surface area (Å²) in [5, 5.41) is 0.781. The molecule has 0 saturated carbocycles. The van der Waals surface area contributed by atoms with Crippen LogP contribution in [0.4, 0.5) is 5.95 Å². The summed E-state index contributed by atoms with van der Waals surface area (Å²) in [6.07, 6.45) is 3.65. The van der Waals surface area contributed by atoms with Crippen molar-refractivity contribution in [3.05, 3.63) is 18.0 Å². The zero-order valence-electron chi connectivity index (χ0n) is 13.1. The number of nitrogens with one attached hydrogen (secondary N) is 1. The number of nitrogen functional groups attached to an aromatic ring is 1. The molecule has 0 aromatic carbocycles. The van der Waals surface area contributed by atoms with Gasteiger partial charge in [0.2, 0.25) is 0 Å². The number of hydrogen-bond acceptors (Lipinski definition) is 4. The van der Waals surface area contributed by atoms with E-state index in [0.717, 1.165) is 17.4 Å². The van der Waals surface area contributed by atoms with Gasteiger partial charge in [0, 0.05) is 18.0 Å². The first kappa shape index (κ1) is 15.9. The van der Waals surface area contributed by atoms with Gasteiger partial charge in [-0.2, -0.15) is 0 Å². The van der Waals surface area contributed by atoms with Crippen LogP contribution in [-0.2, 0) is 11.0 Å². The molecule has 2 aromatic rings. The first-order chi connectivity index (χ1) is 9.91. The zero-order chi connectivity index (χ0) is 15.6. The number of anilines is 1. The maximum absolute atomic E-state index is 13.0. The Hall–Kier alpha value is -1.48. The van der Waals surface area contributed by atoms with E-state index in [-0.39, 0.29) is 0 Å². The second kappa shape index (κ2) is 6.10. The number of imidazole rings is 1. The molecule has 21 heavy (non-hydrogen) atoms. The molecule has 0 saturated heterocycles. The molecule has 0 unspecified atom stereocenters.